The molecule has 0 aliphatic carbocycles. The molecule has 0 aliphatic rings. The Bertz CT molecular complexity index is 563. The fourth-order valence-electron chi connectivity index (χ4n) is 1.38. The molecule has 0 unspecified atom stereocenters. The topological polar surface area (TPSA) is 71.6 Å². The molecule has 78 valence electrons. The molecule has 0 N–H and O–H groups in total. The maximum atomic E-state index is 10.6. The number of rotatable bonds is 2. The Hall–Kier alpha value is -2.48. The summed E-state index contributed by atoms with van der Waals surface area (Å²) in [7, 11) is 0. The van der Waals surface area contributed by atoms with Crippen molar-refractivity contribution in [3.05, 3.63) is 41.6 Å². The Morgan fingerprint density at radius 3 is 2.81 bits per heavy atom. The Labute approximate surface area is 92.0 Å². The first-order valence-electron chi connectivity index (χ1n) is 4.62. The van der Waals surface area contributed by atoms with Gasteiger partial charge in [-0.05, 0) is 19.1 Å². The maximum Gasteiger partial charge on any atom is 0.170 e. The zero-order chi connectivity index (χ0) is 11.5. The van der Waals surface area contributed by atoms with Gasteiger partial charge >= 0.3 is 0 Å². The summed E-state index contributed by atoms with van der Waals surface area (Å²) in [6, 6.07) is 5.37. The minimum Gasteiger partial charge on any atom is -0.296 e. The van der Waals surface area contributed by atoms with Crippen LogP contribution in [-0.4, -0.2) is 20.8 Å². The second-order valence-corrected chi connectivity index (χ2v) is 3.22. The van der Waals surface area contributed by atoms with Gasteiger partial charge in [0, 0.05) is 12.4 Å². The van der Waals surface area contributed by atoms with E-state index in [1.54, 1.807) is 29.8 Å². The number of imidazole rings is 1. The van der Waals surface area contributed by atoms with Crippen molar-refractivity contribution >= 4 is 6.29 Å². The van der Waals surface area contributed by atoms with Crippen molar-refractivity contribution in [1.29, 1.82) is 5.26 Å². The molecule has 0 aliphatic heterocycles. The summed E-state index contributed by atoms with van der Waals surface area (Å²) < 4.78 is 1.70. The van der Waals surface area contributed by atoms with E-state index >= 15 is 0 Å². The van der Waals surface area contributed by atoms with Crippen molar-refractivity contribution in [1.82, 2.24) is 14.5 Å². The third-order valence-electron chi connectivity index (χ3n) is 2.15. The van der Waals surface area contributed by atoms with Gasteiger partial charge in [-0.1, -0.05) is 0 Å². The number of nitrogens with zero attached hydrogens (tertiary/aromatic N) is 4. The highest BCUT2D eigenvalue weighted by Crippen LogP contribution is 2.09. The number of hydrogen-bond acceptors (Lipinski definition) is 4. The van der Waals surface area contributed by atoms with Crippen molar-refractivity contribution < 1.29 is 4.79 Å². The predicted octanol–water partition coefficient (Wildman–Crippen LogP) is 1.26. The van der Waals surface area contributed by atoms with Crippen LogP contribution in [-0.2, 0) is 0 Å². The van der Waals surface area contributed by atoms with Crippen molar-refractivity contribution in [3.8, 4) is 11.9 Å². The fourth-order valence-corrected chi connectivity index (χ4v) is 1.38. The first kappa shape index (κ1) is 10.1. The molecule has 0 atom stereocenters. The molecule has 2 heterocycles. The predicted molar refractivity (Wildman–Crippen MR) is 56.2 cm³/mol. The largest absolute Gasteiger partial charge is 0.296 e. The highest BCUT2D eigenvalue weighted by atomic mass is 16.1. The summed E-state index contributed by atoms with van der Waals surface area (Å²) in [6.07, 6.45) is 3.78. The molecule has 0 spiro atoms. The number of pyridine rings is 1. The van der Waals surface area contributed by atoms with Gasteiger partial charge in [-0.2, -0.15) is 5.26 Å². The van der Waals surface area contributed by atoms with Crippen molar-refractivity contribution in [2.24, 2.45) is 0 Å². The van der Waals surface area contributed by atoms with Crippen LogP contribution in [0.4, 0.5) is 0 Å². The summed E-state index contributed by atoms with van der Waals surface area (Å²) in [5.74, 6) is 1.32. The van der Waals surface area contributed by atoms with Crippen LogP contribution in [0.25, 0.3) is 5.82 Å². The standard InChI is InChI=1S/C11H8N4O/c1-8-14-10(7-16)6-15(8)11-3-2-9(4-12)5-13-11/h2-3,5-7H,1H3. The number of carbonyl (C=O) groups is 1. The van der Waals surface area contributed by atoms with Gasteiger partial charge in [0.2, 0.25) is 0 Å². The fraction of sp³-hybridized carbons (Fsp3) is 0.0909. The smallest absolute Gasteiger partial charge is 0.170 e. The third kappa shape index (κ3) is 1.68. The van der Waals surface area contributed by atoms with E-state index in [1.807, 2.05) is 6.07 Å². The number of nitriles is 1. The lowest BCUT2D eigenvalue weighted by molar-refractivity contribution is 0.111. The van der Waals surface area contributed by atoms with E-state index in [-0.39, 0.29) is 0 Å². The van der Waals surface area contributed by atoms with Gasteiger partial charge in [0.05, 0.1) is 5.56 Å². The molecule has 0 aromatic carbocycles. The third-order valence-corrected chi connectivity index (χ3v) is 2.15. The van der Waals surface area contributed by atoms with E-state index in [0.29, 0.717) is 29.2 Å². The molecule has 0 saturated carbocycles. The van der Waals surface area contributed by atoms with E-state index < -0.39 is 0 Å². The van der Waals surface area contributed by atoms with Crippen LogP contribution in [0.5, 0.6) is 0 Å². The quantitative estimate of drug-likeness (QED) is 0.702. The number of aromatic nitrogens is 3. The van der Waals surface area contributed by atoms with Crippen LogP contribution in [0.15, 0.2) is 24.5 Å². The Morgan fingerprint density at radius 1 is 1.50 bits per heavy atom. The Morgan fingerprint density at radius 2 is 2.31 bits per heavy atom. The van der Waals surface area contributed by atoms with Gasteiger partial charge in [0.15, 0.2) is 6.29 Å². The zero-order valence-corrected chi connectivity index (χ0v) is 8.58. The molecule has 5 nitrogen and oxygen atoms in total. The second-order valence-electron chi connectivity index (χ2n) is 3.22. The average molecular weight is 212 g/mol. The molecule has 0 bridgehead atoms. The van der Waals surface area contributed by atoms with Crippen LogP contribution < -0.4 is 0 Å². The lowest BCUT2D eigenvalue weighted by Crippen LogP contribution is -1.98. The van der Waals surface area contributed by atoms with Gasteiger partial charge in [-0.15, -0.1) is 0 Å². The highest BCUT2D eigenvalue weighted by molar-refractivity contribution is 5.71. The molecule has 2 aromatic rings. The normalized spacial score (nSPS) is 9.75. The highest BCUT2D eigenvalue weighted by Gasteiger charge is 2.05. The minimum atomic E-state index is 0.364. The van der Waals surface area contributed by atoms with Crippen LogP contribution >= 0.6 is 0 Å². The van der Waals surface area contributed by atoms with E-state index in [9.17, 15) is 4.79 Å². The van der Waals surface area contributed by atoms with E-state index in [0.717, 1.165) is 0 Å². The lowest BCUT2D eigenvalue weighted by atomic mass is 10.3. The van der Waals surface area contributed by atoms with Gasteiger partial charge in [-0.25, -0.2) is 9.97 Å². The molecule has 2 rings (SSSR count). The van der Waals surface area contributed by atoms with Gasteiger partial charge in [0.25, 0.3) is 0 Å². The lowest BCUT2D eigenvalue weighted by Gasteiger charge is -2.02. The molecule has 0 fully saturated rings. The van der Waals surface area contributed by atoms with E-state index in [2.05, 4.69) is 9.97 Å². The summed E-state index contributed by atoms with van der Waals surface area (Å²) in [6.45, 7) is 1.78. The Balaban J connectivity index is 2.46. The van der Waals surface area contributed by atoms with Crippen molar-refractivity contribution in [3.63, 3.8) is 0 Å². The van der Waals surface area contributed by atoms with Crippen LogP contribution in [0.2, 0.25) is 0 Å². The van der Waals surface area contributed by atoms with Gasteiger partial charge in [-0.3, -0.25) is 9.36 Å². The molecule has 0 saturated heterocycles. The average Bonchev–Trinajstić information content (AvgIpc) is 2.71. The van der Waals surface area contributed by atoms with E-state index in [4.69, 9.17) is 5.26 Å². The monoisotopic (exact) mass is 212 g/mol. The summed E-state index contributed by atoms with van der Waals surface area (Å²) >= 11 is 0. The zero-order valence-electron chi connectivity index (χ0n) is 8.58. The van der Waals surface area contributed by atoms with Crippen LogP contribution in [0.3, 0.4) is 0 Å². The summed E-state index contributed by atoms with van der Waals surface area (Å²) in [5.41, 5.74) is 0.862. The van der Waals surface area contributed by atoms with Gasteiger partial charge < -0.3 is 0 Å². The molecule has 2 aromatic heterocycles. The number of aldehydes is 1. The Kier molecular flexibility index (Phi) is 2.48. The number of hydrogen-bond donors (Lipinski definition) is 0. The summed E-state index contributed by atoms with van der Waals surface area (Å²) in [4.78, 5) is 18.7. The number of carbonyl (C=O) groups excluding carboxylic acids is 1. The molecule has 16 heavy (non-hydrogen) atoms. The minimum absolute atomic E-state index is 0.364. The van der Waals surface area contributed by atoms with Crippen molar-refractivity contribution in [2.75, 3.05) is 0 Å². The van der Waals surface area contributed by atoms with Crippen molar-refractivity contribution in [2.45, 2.75) is 6.92 Å². The molecule has 0 amide bonds. The molecule has 0 radical (unpaired) electrons. The molecule has 5 heteroatoms. The van der Waals surface area contributed by atoms with Crippen LogP contribution in [0.1, 0.15) is 21.9 Å². The van der Waals surface area contributed by atoms with Crippen LogP contribution in [0, 0.1) is 18.3 Å². The van der Waals surface area contributed by atoms with Gasteiger partial charge in [0.1, 0.15) is 23.4 Å². The summed E-state index contributed by atoms with van der Waals surface area (Å²) in [5, 5.41) is 8.64. The SMILES string of the molecule is Cc1nc(C=O)cn1-c1ccc(C#N)cn1. The number of aryl methyl sites for hydroxylation is 1. The first-order chi connectivity index (χ1) is 7.74. The molecular weight excluding hydrogens is 204 g/mol. The second kappa shape index (κ2) is 3.95. The molecular formula is C11H8N4O. The maximum absolute atomic E-state index is 10.6. The van der Waals surface area contributed by atoms with E-state index in [1.165, 1.54) is 6.20 Å². The first-order valence-corrected chi connectivity index (χ1v) is 4.62.